The van der Waals surface area contributed by atoms with Crippen molar-refractivity contribution in [2.75, 3.05) is 6.54 Å². The Morgan fingerprint density at radius 3 is 2.12 bits per heavy atom. The Morgan fingerprint density at radius 1 is 1.12 bits per heavy atom. The molecule has 1 fully saturated rings. The Hall–Kier alpha value is -2.09. The maximum atomic E-state index is 12.4. The molecule has 0 unspecified atom stereocenters. The Kier molecular flexibility index (Phi) is 6.82. The van der Waals surface area contributed by atoms with Crippen LogP contribution in [0.4, 0.5) is 26.3 Å². The number of hydrogen-bond donors (Lipinski definition) is 3. The minimum Gasteiger partial charge on any atom is -0.458 e. The minimum absolute atomic E-state index is 0.635. The van der Waals surface area contributed by atoms with Gasteiger partial charge in [-0.05, 0) is 0 Å². The van der Waals surface area contributed by atoms with Crippen LogP contribution in [-0.4, -0.2) is 66.3 Å². The zero-order valence-corrected chi connectivity index (χ0v) is 13.0. The molecule has 0 radical (unpaired) electrons. The second-order valence-corrected chi connectivity index (χ2v) is 5.22. The first-order valence-corrected chi connectivity index (χ1v) is 6.95. The number of carbonyl (C=O) groups is 3. The molecule has 150 valence electrons. The quantitative estimate of drug-likeness (QED) is 0.446. The number of alkyl halides is 6. The van der Waals surface area contributed by atoms with Gasteiger partial charge in [0, 0.05) is 19.9 Å². The van der Waals surface area contributed by atoms with Gasteiger partial charge in [-0.3, -0.25) is 14.4 Å². The summed E-state index contributed by atoms with van der Waals surface area (Å²) in [6, 6.07) is -1.62. The van der Waals surface area contributed by atoms with Gasteiger partial charge in [-0.1, -0.05) is 0 Å². The molecular formula is C12H14F6N2O6. The molecule has 8 nitrogen and oxygen atoms in total. The molecular weight excluding hydrogens is 382 g/mol. The van der Waals surface area contributed by atoms with Gasteiger partial charge < -0.3 is 25.2 Å². The first kappa shape index (κ1) is 22.0. The Labute approximate surface area is 141 Å². The van der Waals surface area contributed by atoms with E-state index in [4.69, 9.17) is 9.47 Å². The zero-order chi connectivity index (χ0) is 20.3. The van der Waals surface area contributed by atoms with Gasteiger partial charge in [0.1, 0.15) is 12.2 Å². The molecule has 0 aliphatic carbocycles. The standard InChI is InChI=1S/C12H14F6N2O6/c1-4(21)25-8-5(20-10(24)12(16,17)18)2-7(22)26-6(8)3-19-9(23)11(13,14)15/h5-8,22H,2-3H2,1H3,(H,19,23)(H,20,24)/t5-,6+,7-,8+/m1/s1. The van der Waals surface area contributed by atoms with Crippen LogP contribution in [-0.2, 0) is 23.9 Å². The van der Waals surface area contributed by atoms with Crippen LogP contribution in [0.15, 0.2) is 0 Å². The molecule has 14 heteroatoms. The van der Waals surface area contributed by atoms with Crippen molar-refractivity contribution in [2.45, 2.75) is 50.2 Å². The first-order valence-electron chi connectivity index (χ1n) is 6.95. The first-order chi connectivity index (χ1) is 11.7. The van der Waals surface area contributed by atoms with Gasteiger partial charge in [0.05, 0.1) is 6.04 Å². The van der Waals surface area contributed by atoms with Crippen LogP contribution < -0.4 is 10.6 Å². The van der Waals surface area contributed by atoms with Crippen LogP contribution in [0, 0.1) is 0 Å². The maximum absolute atomic E-state index is 12.4. The number of nitrogens with one attached hydrogen (secondary N) is 2. The number of amides is 2. The molecule has 0 aromatic rings. The molecule has 0 bridgehead atoms. The summed E-state index contributed by atoms with van der Waals surface area (Å²) in [7, 11) is 0. The predicted octanol–water partition coefficient (Wildman–Crippen LogP) is -0.249. The predicted molar refractivity (Wildman–Crippen MR) is 68.1 cm³/mol. The van der Waals surface area contributed by atoms with Crippen molar-refractivity contribution >= 4 is 17.8 Å². The summed E-state index contributed by atoms with van der Waals surface area (Å²) in [5.74, 6) is -5.82. The number of ether oxygens (including phenoxy) is 2. The van der Waals surface area contributed by atoms with Crippen LogP contribution in [0.5, 0.6) is 0 Å². The lowest BCUT2D eigenvalue weighted by Crippen LogP contribution is -2.61. The smallest absolute Gasteiger partial charge is 0.458 e. The fourth-order valence-electron chi connectivity index (χ4n) is 2.14. The lowest BCUT2D eigenvalue weighted by atomic mass is 9.97. The summed E-state index contributed by atoms with van der Waals surface area (Å²) in [6.07, 6.45) is -16.3. The molecule has 0 spiro atoms. The molecule has 1 saturated heterocycles. The SMILES string of the molecule is CC(=O)O[C@@H]1[C@H](CNC(=O)C(F)(F)F)O[C@@H](O)C[C@H]1NC(=O)C(F)(F)F. The average molecular weight is 396 g/mol. The maximum Gasteiger partial charge on any atom is 0.471 e. The number of halogens is 6. The van der Waals surface area contributed by atoms with Gasteiger partial charge in [0.25, 0.3) is 0 Å². The van der Waals surface area contributed by atoms with Crippen molar-refractivity contribution in [1.29, 1.82) is 0 Å². The third kappa shape index (κ3) is 6.33. The highest BCUT2D eigenvalue weighted by Gasteiger charge is 2.47. The van der Waals surface area contributed by atoms with E-state index in [0.29, 0.717) is 0 Å². The van der Waals surface area contributed by atoms with Crippen molar-refractivity contribution < 1.29 is 55.3 Å². The Bertz CT molecular complexity index is 551. The van der Waals surface area contributed by atoms with Crippen molar-refractivity contribution in [1.82, 2.24) is 10.6 Å². The number of esters is 1. The van der Waals surface area contributed by atoms with E-state index in [2.05, 4.69) is 0 Å². The Morgan fingerprint density at radius 2 is 1.65 bits per heavy atom. The molecule has 0 aromatic carbocycles. The van der Waals surface area contributed by atoms with Crippen molar-refractivity contribution in [3.8, 4) is 0 Å². The van der Waals surface area contributed by atoms with E-state index in [1.54, 1.807) is 0 Å². The molecule has 1 rings (SSSR count). The summed E-state index contributed by atoms with van der Waals surface area (Å²) in [5.41, 5.74) is 0. The molecule has 4 atom stereocenters. The van der Waals surface area contributed by atoms with Crippen molar-refractivity contribution in [3.05, 3.63) is 0 Å². The van der Waals surface area contributed by atoms with Gasteiger partial charge >= 0.3 is 30.1 Å². The fraction of sp³-hybridized carbons (Fsp3) is 0.750. The van der Waals surface area contributed by atoms with Crippen molar-refractivity contribution in [3.63, 3.8) is 0 Å². The number of rotatable bonds is 4. The largest absolute Gasteiger partial charge is 0.471 e. The van der Waals surface area contributed by atoms with E-state index in [1.165, 1.54) is 10.6 Å². The summed E-state index contributed by atoms with van der Waals surface area (Å²) >= 11 is 0. The molecule has 0 aromatic heterocycles. The molecule has 1 heterocycles. The highest BCUT2D eigenvalue weighted by Crippen LogP contribution is 2.24. The highest BCUT2D eigenvalue weighted by atomic mass is 19.4. The van der Waals surface area contributed by atoms with Gasteiger partial charge in [-0.2, -0.15) is 26.3 Å². The van der Waals surface area contributed by atoms with Gasteiger partial charge in [-0.15, -0.1) is 0 Å². The molecule has 1 aliphatic rings. The second-order valence-electron chi connectivity index (χ2n) is 5.22. The third-order valence-corrected chi connectivity index (χ3v) is 3.15. The minimum atomic E-state index is -5.29. The van der Waals surface area contributed by atoms with Crippen LogP contribution >= 0.6 is 0 Å². The van der Waals surface area contributed by atoms with E-state index >= 15 is 0 Å². The second kappa shape index (κ2) is 8.07. The summed E-state index contributed by atoms with van der Waals surface area (Å²) in [5, 5.41) is 12.4. The molecule has 2 amide bonds. The number of hydrogen-bond acceptors (Lipinski definition) is 6. The summed E-state index contributed by atoms with van der Waals surface area (Å²) in [6.45, 7) is -0.0925. The molecule has 1 aliphatic heterocycles. The van der Waals surface area contributed by atoms with E-state index in [1.807, 2.05) is 0 Å². The van der Waals surface area contributed by atoms with Gasteiger partial charge in [-0.25, -0.2) is 0 Å². The topological polar surface area (TPSA) is 114 Å². The van der Waals surface area contributed by atoms with E-state index in [0.717, 1.165) is 6.92 Å². The van der Waals surface area contributed by atoms with E-state index in [9.17, 15) is 45.8 Å². The highest BCUT2D eigenvalue weighted by molar-refractivity contribution is 5.82. The zero-order valence-electron chi connectivity index (χ0n) is 13.0. The monoisotopic (exact) mass is 396 g/mol. The summed E-state index contributed by atoms with van der Waals surface area (Å²) in [4.78, 5) is 33.0. The van der Waals surface area contributed by atoms with E-state index in [-0.39, 0.29) is 0 Å². The number of carbonyl (C=O) groups excluding carboxylic acids is 3. The molecule has 3 N–H and O–H groups in total. The van der Waals surface area contributed by atoms with Crippen LogP contribution in [0.1, 0.15) is 13.3 Å². The number of aliphatic hydroxyl groups excluding tert-OH is 1. The Balaban J connectivity index is 2.93. The average Bonchev–Trinajstić information content (AvgIpc) is 2.45. The van der Waals surface area contributed by atoms with Crippen LogP contribution in [0.2, 0.25) is 0 Å². The van der Waals surface area contributed by atoms with Gasteiger partial charge in [0.2, 0.25) is 0 Å². The lowest BCUT2D eigenvalue weighted by molar-refractivity contribution is -0.221. The molecule has 26 heavy (non-hydrogen) atoms. The van der Waals surface area contributed by atoms with Crippen molar-refractivity contribution in [2.24, 2.45) is 0 Å². The van der Waals surface area contributed by atoms with E-state index < -0.39 is 67.6 Å². The van der Waals surface area contributed by atoms with Crippen LogP contribution in [0.3, 0.4) is 0 Å². The van der Waals surface area contributed by atoms with Crippen LogP contribution in [0.25, 0.3) is 0 Å². The molecule has 0 saturated carbocycles. The summed E-state index contributed by atoms with van der Waals surface area (Å²) < 4.78 is 83.3. The van der Waals surface area contributed by atoms with Gasteiger partial charge in [0.15, 0.2) is 6.29 Å². The normalized spacial score (nSPS) is 26.8. The lowest BCUT2D eigenvalue weighted by Gasteiger charge is -2.39. The third-order valence-electron chi connectivity index (χ3n) is 3.15. The number of aliphatic hydroxyl groups is 1. The fourth-order valence-corrected chi connectivity index (χ4v) is 2.14.